The van der Waals surface area contributed by atoms with E-state index in [1.807, 2.05) is 27.3 Å². The first-order valence-electron chi connectivity index (χ1n) is 11.0. The van der Waals surface area contributed by atoms with E-state index in [9.17, 15) is 9.59 Å². The maximum absolute atomic E-state index is 13.0. The summed E-state index contributed by atoms with van der Waals surface area (Å²) in [5.74, 6) is 1.27. The molecule has 2 fully saturated rings. The monoisotopic (exact) mass is 441 g/mol. The van der Waals surface area contributed by atoms with Gasteiger partial charge in [-0.2, -0.15) is 0 Å². The first-order valence-corrected chi connectivity index (χ1v) is 11.8. The Labute approximate surface area is 186 Å². The fourth-order valence-corrected chi connectivity index (χ4v) is 5.50. The molecule has 2 saturated heterocycles. The van der Waals surface area contributed by atoms with Crippen molar-refractivity contribution in [1.29, 1.82) is 0 Å². The zero-order valence-corrected chi connectivity index (χ0v) is 18.7. The molecule has 0 saturated carbocycles. The van der Waals surface area contributed by atoms with E-state index in [-0.39, 0.29) is 24.1 Å². The maximum atomic E-state index is 13.0. The van der Waals surface area contributed by atoms with Crippen LogP contribution in [0.5, 0.6) is 5.75 Å². The molecule has 31 heavy (non-hydrogen) atoms. The summed E-state index contributed by atoms with van der Waals surface area (Å²) < 4.78 is 10.9. The third kappa shape index (κ3) is 3.78. The summed E-state index contributed by atoms with van der Waals surface area (Å²) in [6.07, 6.45) is 2.24. The Balaban J connectivity index is 1.24. The minimum atomic E-state index is -0.215. The molecule has 3 aliphatic rings. The number of piperidine rings is 1. The molecule has 2 aromatic rings. The minimum absolute atomic E-state index is 0.0325. The van der Waals surface area contributed by atoms with Gasteiger partial charge in [0.2, 0.25) is 0 Å². The van der Waals surface area contributed by atoms with Crippen molar-refractivity contribution in [3.63, 3.8) is 0 Å². The van der Waals surface area contributed by atoms with E-state index in [1.54, 1.807) is 0 Å². The van der Waals surface area contributed by atoms with Crippen LogP contribution in [0.15, 0.2) is 23.6 Å². The first kappa shape index (κ1) is 20.3. The number of hydrogen-bond donors (Lipinski definition) is 0. The summed E-state index contributed by atoms with van der Waals surface area (Å²) >= 11 is 1.50. The van der Waals surface area contributed by atoms with Crippen LogP contribution in [-0.4, -0.2) is 65.2 Å². The number of carbonyl (C=O) groups excluding carboxylic acids is 2. The third-order valence-electron chi connectivity index (χ3n) is 6.52. The van der Waals surface area contributed by atoms with Crippen LogP contribution >= 0.6 is 11.3 Å². The lowest BCUT2D eigenvalue weighted by atomic mass is 9.97. The number of aromatic nitrogens is 1. The van der Waals surface area contributed by atoms with Gasteiger partial charge in [-0.3, -0.25) is 9.69 Å². The van der Waals surface area contributed by atoms with Gasteiger partial charge in [-0.1, -0.05) is 13.8 Å². The number of thiazole rings is 1. The average Bonchev–Trinajstić information content (AvgIpc) is 3.52. The standard InChI is InChI=1S/C23H27N3O4S/c1-14(2)19-12-30-23(28)26(19)17-5-8-25(9-6-17)22(27)18-13-31-21(24-18)16-3-4-20-15(11-16)7-10-29-20/h3-4,11,13-14,17,19H,5-10,12H2,1-2H3. The molecule has 1 aromatic heterocycles. The van der Waals surface area contributed by atoms with Crippen molar-refractivity contribution in [3.8, 4) is 16.3 Å². The Hall–Kier alpha value is -2.61. The molecule has 0 aliphatic carbocycles. The van der Waals surface area contributed by atoms with Crippen LogP contribution in [0.25, 0.3) is 10.6 Å². The van der Waals surface area contributed by atoms with Gasteiger partial charge >= 0.3 is 6.09 Å². The molecule has 5 rings (SSSR count). The zero-order valence-electron chi connectivity index (χ0n) is 17.9. The number of likely N-dealkylation sites (tertiary alicyclic amines) is 1. The molecular weight excluding hydrogens is 414 g/mol. The second-order valence-electron chi connectivity index (χ2n) is 8.78. The van der Waals surface area contributed by atoms with Gasteiger partial charge in [0.05, 0.1) is 12.6 Å². The molecule has 1 aromatic carbocycles. The van der Waals surface area contributed by atoms with Crippen LogP contribution in [0.2, 0.25) is 0 Å². The SMILES string of the molecule is CC(C)C1COC(=O)N1C1CCN(C(=O)c2csc(-c3ccc4c(c3)CCO4)n2)CC1. The van der Waals surface area contributed by atoms with Crippen LogP contribution in [-0.2, 0) is 11.2 Å². The van der Waals surface area contributed by atoms with Gasteiger partial charge in [0.25, 0.3) is 5.91 Å². The Morgan fingerprint density at radius 1 is 1.23 bits per heavy atom. The molecule has 164 valence electrons. The van der Waals surface area contributed by atoms with Crippen molar-refractivity contribution in [2.45, 2.75) is 45.2 Å². The molecule has 0 spiro atoms. The summed E-state index contributed by atoms with van der Waals surface area (Å²) in [5.41, 5.74) is 2.72. The van der Waals surface area contributed by atoms with Crippen molar-refractivity contribution in [1.82, 2.24) is 14.8 Å². The molecule has 0 radical (unpaired) electrons. The Morgan fingerprint density at radius 2 is 2.03 bits per heavy atom. The van der Waals surface area contributed by atoms with Crippen molar-refractivity contribution in [2.75, 3.05) is 26.3 Å². The molecule has 0 bridgehead atoms. The molecule has 0 N–H and O–H groups in total. The van der Waals surface area contributed by atoms with Crippen molar-refractivity contribution in [3.05, 3.63) is 34.8 Å². The van der Waals surface area contributed by atoms with Crippen LogP contribution in [0.4, 0.5) is 4.79 Å². The number of fused-ring (bicyclic) bond motifs is 1. The predicted octanol–water partition coefficient (Wildman–Crippen LogP) is 3.83. The molecule has 1 atom stereocenters. The van der Waals surface area contributed by atoms with Crippen molar-refractivity contribution >= 4 is 23.3 Å². The molecule has 7 nitrogen and oxygen atoms in total. The number of cyclic esters (lactones) is 1. The lowest BCUT2D eigenvalue weighted by molar-refractivity contribution is 0.0615. The van der Waals surface area contributed by atoms with Crippen molar-refractivity contribution < 1.29 is 19.1 Å². The van der Waals surface area contributed by atoms with Crippen LogP contribution in [0.1, 0.15) is 42.7 Å². The van der Waals surface area contributed by atoms with Crippen LogP contribution in [0, 0.1) is 5.92 Å². The number of carbonyl (C=O) groups is 2. The molecule has 2 amide bonds. The van der Waals surface area contributed by atoms with E-state index in [1.165, 1.54) is 16.9 Å². The summed E-state index contributed by atoms with van der Waals surface area (Å²) in [5, 5.41) is 2.70. The first-order chi connectivity index (χ1) is 15.0. The Morgan fingerprint density at radius 3 is 2.81 bits per heavy atom. The fourth-order valence-electron chi connectivity index (χ4n) is 4.71. The van der Waals surface area contributed by atoms with Gasteiger partial charge < -0.3 is 14.4 Å². The smallest absolute Gasteiger partial charge is 0.410 e. The highest BCUT2D eigenvalue weighted by molar-refractivity contribution is 7.13. The normalized spacial score (nSPS) is 21.4. The average molecular weight is 442 g/mol. The molecule has 4 heterocycles. The zero-order chi connectivity index (χ0) is 21.5. The summed E-state index contributed by atoms with van der Waals surface area (Å²) in [4.78, 5) is 33.7. The molecular formula is C23H27N3O4S. The lowest BCUT2D eigenvalue weighted by Gasteiger charge is -2.38. The number of hydrogen-bond acceptors (Lipinski definition) is 6. The minimum Gasteiger partial charge on any atom is -0.493 e. The summed E-state index contributed by atoms with van der Waals surface area (Å²) in [6, 6.07) is 6.35. The van der Waals surface area contributed by atoms with Gasteiger partial charge in [0.15, 0.2) is 0 Å². The van der Waals surface area contributed by atoms with E-state index in [0.717, 1.165) is 42.2 Å². The number of ether oxygens (including phenoxy) is 2. The molecule has 8 heteroatoms. The Bertz CT molecular complexity index is 996. The van der Waals surface area contributed by atoms with E-state index < -0.39 is 0 Å². The maximum Gasteiger partial charge on any atom is 0.410 e. The number of rotatable bonds is 4. The highest BCUT2D eigenvalue weighted by atomic mass is 32.1. The predicted molar refractivity (Wildman–Crippen MR) is 117 cm³/mol. The van der Waals surface area contributed by atoms with Gasteiger partial charge in [-0.15, -0.1) is 11.3 Å². The van der Waals surface area contributed by atoms with E-state index >= 15 is 0 Å². The van der Waals surface area contributed by atoms with Gasteiger partial charge in [0, 0.05) is 36.5 Å². The van der Waals surface area contributed by atoms with Gasteiger partial charge in [-0.25, -0.2) is 9.78 Å². The summed E-state index contributed by atoms with van der Waals surface area (Å²) in [7, 11) is 0. The second kappa shape index (κ2) is 8.15. The quantitative estimate of drug-likeness (QED) is 0.721. The highest BCUT2D eigenvalue weighted by Gasteiger charge is 2.41. The molecule has 3 aliphatic heterocycles. The fraction of sp³-hybridized carbons (Fsp3) is 0.522. The highest BCUT2D eigenvalue weighted by Crippen LogP contribution is 2.33. The number of nitrogens with zero attached hydrogens (tertiary/aromatic N) is 3. The summed E-state index contributed by atoms with van der Waals surface area (Å²) in [6.45, 7) is 6.68. The van der Waals surface area contributed by atoms with Gasteiger partial charge in [-0.05, 0) is 42.5 Å². The Kier molecular flexibility index (Phi) is 5.33. The van der Waals surface area contributed by atoms with Crippen LogP contribution in [0.3, 0.4) is 0 Å². The van der Waals surface area contributed by atoms with Crippen molar-refractivity contribution in [2.24, 2.45) is 5.92 Å². The number of benzene rings is 1. The van der Waals surface area contributed by atoms with E-state index in [2.05, 4.69) is 24.9 Å². The largest absolute Gasteiger partial charge is 0.493 e. The van der Waals surface area contributed by atoms with E-state index in [0.29, 0.717) is 31.3 Å². The second-order valence-corrected chi connectivity index (χ2v) is 9.64. The van der Waals surface area contributed by atoms with E-state index in [4.69, 9.17) is 9.47 Å². The van der Waals surface area contributed by atoms with Crippen LogP contribution < -0.4 is 4.74 Å². The lowest BCUT2D eigenvalue weighted by Crippen LogP contribution is -2.51. The molecule has 1 unspecified atom stereocenters. The van der Waals surface area contributed by atoms with Gasteiger partial charge in [0.1, 0.15) is 23.1 Å². The third-order valence-corrected chi connectivity index (χ3v) is 7.41. The number of amides is 2. The topological polar surface area (TPSA) is 72.0 Å².